The summed E-state index contributed by atoms with van der Waals surface area (Å²) in [4.78, 5) is 15.1. The molecule has 0 aromatic heterocycles. The van der Waals surface area contributed by atoms with Gasteiger partial charge in [-0.15, -0.1) is 0 Å². The zero-order valence-electron chi connectivity index (χ0n) is 16.9. The van der Waals surface area contributed by atoms with Crippen molar-refractivity contribution >= 4 is 17.3 Å². The van der Waals surface area contributed by atoms with Gasteiger partial charge in [-0.05, 0) is 86.3 Å². The third-order valence-corrected chi connectivity index (χ3v) is 5.51. The van der Waals surface area contributed by atoms with Crippen molar-refractivity contribution in [3.8, 4) is 0 Å². The van der Waals surface area contributed by atoms with E-state index in [1.54, 1.807) is 12.1 Å². The van der Waals surface area contributed by atoms with E-state index in [1.807, 2.05) is 17.9 Å². The number of amides is 1. The van der Waals surface area contributed by atoms with E-state index in [2.05, 4.69) is 55.6 Å². The monoisotopic (exact) mass is 388 g/mol. The van der Waals surface area contributed by atoms with Gasteiger partial charge in [0.1, 0.15) is 5.82 Å². The highest BCUT2D eigenvalue weighted by Gasteiger charge is 2.34. The van der Waals surface area contributed by atoms with Crippen LogP contribution in [0.25, 0.3) is 0 Å². The van der Waals surface area contributed by atoms with Crippen molar-refractivity contribution in [1.29, 1.82) is 0 Å². The number of aryl methyl sites for hydroxylation is 2. The third-order valence-electron chi connectivity index (χ3n) is 5.51. The second-order valence-electron chi connectivity index (χ2n) is 7.90. The lowest BCUT2D eigenvalue weighted by atomic mass is 9.90. The fraction of sp³-hybridized carbons (Fsp3) is 0.240. The van der Waals surface area contributed by atoms with E-state index in [1.165, 1.54) is 17.7 Å². The van der Waals surface area contributed by atoms with Crippen LogP contribution in [-0.2, 0) is 0 Å². The summed E-state index contributed by atoms with van der Waals surface area (Å²) < 4.78 is 13.3. The lowest BCUT2D eigenvalue weighted by Crippen LogP contribution is -2.44. The van der Waals surface area contributed by atoms with Crippen LogP contribution in [0, 0.1) is 19.7 Å². The lowest BCUT2D eigenvalue weighted by Gasteiger charge is -2.40. The van der Waals surface area contributed by atoms with Crippen molar-refractivity contribution in [2.24, 2.45) is 0 Å². The quantitative estimate of drug-likeness (QED) is 0.594. The molecule has 1 amide bonds. The summed E-state index contributed by atoms with van der Waals surface area (Å²) in [5.41, 5.74) is 5.90. The number of carbonyl (C=O) groups excluding carboxylic acids is 1. The summed E-state index contributed by atoms with van der Waals surface area (Å²) in [7, 11) is 0. The molecule has 148 valence electrons. The summed E-state index contributed by atoms with van der Waals surface area (Å²) in [5.74, 6) is -0.440. The highest BCUT2D eigenvalue weighted by Crippen LogP contribution is 2.40. The van der Waals surface area contributed by atoms with Gasteiger partial charge in [0.2, 0.25) is 0 Å². The zero-order chi connectivity index (χ0) is 20.5. The average Bonchev–Trinajstić information content (AvgIpc) is 2.68. The number of carbonyl (C=O) groups is 1. The molecule has 0 saturated carbocycles. The average molecular weight is 388 g/mol. The zero-order valence-corrected chi connectivity index (χ0v) is 16.9. The minimum atomic E-state index is -0.341. The second kappa shape index (κ2) is 7.70. The maximum absolute atomic E-state index is 13.3. The van der Waals surface area contributed by atoms with Crippen molar-refractivity contribution in [1.82, 2.24) is 0 Å². The predicted octanol–water partition coefficient (Wildman–Crippen LogP) is 6.03. The van der Waals surface area contributed by atoms with Gasteiger partial charge in [0.05, 0.1) is 6.04 Å². The van der Waals surface area contributed by atoms with Gasteiger partial charge < -0.3 is 10.2 Å². The molecule has 0 aliphatic carbocycles. The van der Waals surface area contributed by atoms with E-state index in [0.29, 0.717) is 5.56 Å². The fourth-order valence-electron chi connectivity index (χ4n) is 4.08. The van der Waals surface area contributed by atoms with Gasteiger partial charge in [0.25, 0.3) is 5.91 Å². The van der Waals surface area contributed by atoms with Crippen LogP contribution in [0.4, 0.5) is 15.8 Å². The Morgan fingerprint density at radius 1 is 1.00 bits per heavy atom. The van der Waals surface area contributed by atoms with E-state index in [-0.39, 0.29) is 23.8 Å². The maximum atomic E-state index is 13.3. The van der Waals surface area contributed by atoms with Gasteiger partial charge in [0.15, 0.2) is 0 Å². The number of nitrogens with one attached hydrogen (secondary N) is 1. The number of nitrogens with zero attached hydrogens (tertiary/aromatic N) is 1. The number of anilines is 2. The molecule has 1 aliphatic rings. The first-order valence-corrected chi connectivity index (χ1v) is 9.95. The SMILES string of the molecule is Cc1cccc(NC2CC(C)N(C(=O)c3ccc(F)cc3)c3cc(C)ccc32)c1. The molecule has 0 bridgehead atoms. The van der Waals surface area contributed by atoms with Crippen LogP contribution < -0.4 is 10.2 Å². The highest BCUT2D eigenvalue weighted by atomic mass is 19.1. The normalized spacial score (nSPS) is 18.3. The van der Waals surface area contributed by atoms with Crippen LogP contribution in [0.2, 0.25) is 0 Å². The molecule has 4 heteroatoms. The van der Waals surface area contributed by atoms with Gasteiger partial charge in [-0.25, -0.2) is 4.39 Å². The van der Waals surface area contributed by atoms with Crippen molar-refractivity contribution in [3.05, 3.63) is 94.8 Å². The molecule has 3 aromatic carbocycles. The van der Waals surface area contributed by atoms with Crippen molar-refractivity contribution < 1.29 is 9.18 Å². The summed E-state index contributed by atoms with van der Waals surface area (Å²) in [6.45, 7) is 6.18. The Labute approximate surface area is 171 Å². The smallest absolute Gasteiger partial charge is 0.258 e. The molecular formula is C25H25FN2O. The number of rotatable bonds is 3. The van der Waals surface area contributed by atoms with Gasteiger partial charge in [-0.1, -0.05) is 24.3 Å². The molecule has 0 fully saturated rings. The molecule has 0 radical (unpaired) electrons. The third kappa shape index (κ3) is 3.88. The molecule has 3 aromatic rings. The Hall–Kier alpha value is -3.14. The molecule has 1 heterocycles. The Bertz CT molecular complexity index is 1040. The molecule has 1 N–H and O–H groups in total. The number of hydrogen-bond donors (Lipinski definition) is 1. The van der Waals surface area contributed by atoms with E-state index in [9.17, 15) is 9.18 Å². The van der Waals surface area contributed by atoms with Gasteiger partial charge in [-0.3, -0.25) is 4.79 Å². The van der Waals surface area contributed by atoms with E-state index in [4.69, 9.17) is 0 Å². The fourth-order valence-corrected chi connectivity index (χ4v) is 4.08. The number of benzene rings is 3. The van der Waals surface area contributed by atoms with Crippen LogP contribution in [0.15, 0.2) is 66.7 Å². The highest BCUT2D eigenvalue weighted by molar-refractivity contribution is 6.07. The molecular weight excluding hydrogens is 363 g/mol. The van der Waals surface area contributed by atoms with Crippen LogP contribution in [0.5, 0.6) is 0 Å². The first kappa shape index (κ1) is 19.2. The standard InChI is InChI=1S/C25H25FN2O/c1-16-5-4-6-21(13-16)27-23-15-18(3)28(24-14-17(2)7-12-22(23)24)25(29)19-8-10-20(26)11-9-19/h4-14,18,23,27H,15H2,1-3H3. The minimum Gasteiger partial charge on any atom is -0.378 e. The van der Waals surface area contributed by atoms with E-state index < -0.39 is 0 Å². The lowest BCUT2D eigenvalue weighted by molar-refractivity contribution is 0.0974. The van der Waals surface area contributed by atoms with Crippen molar-refractivity contribution in [2.75, 3.05) is 10.2 Å². The minimum absolute atomic E-state index is 0.00385. The summed E-state index contributed by atoms with van der Waals surface area (Å²) in [6.07, 6.45) is 0.789. The van der Waals surface area contributed by atoms with E-state index in [0.717, 1.165) is 28.9 Å². The first-order valence-electron chi connectivity index (χ1n) is 9.95. The maximum Gasteiger partial charge on any atom is 0.258 e. The molecule has 2 atom stereocenters. The Morgan fingerprint density at radius 2 is 1.72 bits per heavy atom. The molecule has 4 rings (SSSR count). The van der Waals surface area contributed by atoms with E-state index >= 15 is 0 Å². The largest absolute Gasteiger partial charge is 0.378 e. The number of hydrogen-bond acceptors (Lipinski definition) is 2. The summed E-state index contributed by atoms with van der Waals surface area (Å²) in [6, 6.07) is 20.5. The van der Waals surface area contributed by atoms with Crippen LogP contribution in [-0.4, -0.2) is 11.9 Å². The Balaban J connectivity index is 1.72. The molecule has 3 nitrogen and oxygen atoms in total. The topological polar surface area (TPSA) is 32.3 Å². The van der Waals surface area contributed by atoms with Gasteiger partial charge in [0, 0.05) is 23.0 Å². The van der Waals surface area contributed by atoms with Crippen molar-refractivity contribution in [2.45, 2.75) is 39.3 Å². The van der Waals surface area contributed by atoms with Crippen LogP contribution >= 0.6 is 0 Å². The predicted molar refractivity (Wildman–Crippen MR) is 116 cm³/mol. The van der Waals surface area contributed by atoms with Gasteiger partial charge in [-0.2, -0.15) is 0 Å². The van der Waals surface area contributed by atoms with Gasteiger partial charge >= 0.3 is 0 Å². The summed E-state index contributed by atoms with van der Waals surface area (Å²) in [5, 5.41) is 3.65. The molecule has 0 spiro atoms. The van der Waals surface area contributed by atoms with Crippen LogP contribution in [0.3, 0.4) is 0 Å². The molecule has 1 aliphatic heterocycles. The molecule has 29 heavy (non-hydrogen) atoms. The number of halogens is 1. The second-order valence-corrected chi connectivity index (χ2v) is 7.90. The Kier molecular flexibility index (Phi) is 5.10. The first-order chi connectivity index (χ1) is 13.9. The molecule has 0 saturated heterocycles. The molecule has 2 unspecified atom stereocenters. The summed E-state index contributed by atoms with van der Waals surface area (Å²) >= 11 is 0. The van der Waals surface area contributed by atoms with Crippen molar-refractivity contribution in [3.63, 3.8) is 0 Å². The number of fused-ring (bicyclic) bond motifs is 1. The Morgan fingerprint density at radius 3 is 2.45 bits per heavy atom. The van der Waals surface area contributed by atoms with Crippen LogP contribution in [0.1, 0.15) is 46.4 Å².